The van der Waals surface area contributed by atoms with E-state index in [9.17, 15) is 8.78 Å². The first-order chi connectivity index (χ1) is 7.49. The lowest BCUT2D eigenvalue weighted by Gasteiger charge is -2.39. The molecule has 2 nitrogen and oxygen atoms in total. The molecule has 1 aliphatic rings. The van der Waals surface area contributed by atoms with Gasteiger partial charge in [-0.3, -0.25) is 0 Å². The zero-order valence-electron chi connectivity index (χ0n) is 8.82. The van der Waals surface area contributed by atoms with Crippen molar-refractivity contribution in [2.45, 2.75) is 24.8 Å². The van der Waals surface area contributed by atoms with Gasteiger partial charge in [0.25, 0.3) is 0 Å². The number of benzene rings is 1. The predicted octanol–water partition coefficient (Wildman–Crippen LogP) is 3.07. The number of nitrogens with two attached hydrogens (primary N) is 1. The topological polar surface area (TPSA) is 35.2 Å². The van der Waals surface area contributed by atoms with Crippen molar-refractivity contribution in [2.24, 2.45) is 5.73 Å². The molecule has 1 fully saturated rings. The fourth-order valence-corrected chi connectivity index (χ4v) is 2.38. The minimum Gasteiger partial charge on any atom is -0.493 e. The van der Waals surface area contributed by atoms with Crippen LogP contribution < -0.4 is 10.5 Å². The van der Waals surface area contributed by atoms with E-state index in [0.717, 1.165) is 19.3 Å². The molecule has 1 aromatic rings. The van der Waals surface area contributed by atoms with Crippen molar-refractivity contribution in [1.82, 2.24) is 0 Å². The minimum atomic E-state index is -0.983. The summed E-state index contributed by atoms with van der Waals surface area (Å²) in [5, 5.41) is 0. The van der Waals surface area contributed by atoms with Crippen molar-refractivity contribution >= 4 is 15.9 Å². The van der Waals surface area contributed by atoms with Crippen LogP contribution in [0.15, 0.2) is 10.5 Å². The third-order valence-electron chi connectivity index (χ3n) is 3.10. The molecule has 0 bridgehead atoms. The Morgan fingerprint density at radius 3 is 2.44 bits per heavy atom. The molecule has 2 N–H and O–H groups in total. The van der Waals surface area contributed by atoms with Gasteiger partial charge in [0.05, 0.1) is 11.6 Å². The molecule has 0 saturated heterocycles. The summed E-state index contributed by atoms with van der Waals surface area (Å²) in [4.78, 5) is 0. The standard InChI is InChI=1S/C11H12BrF2NO/c1-16-10-6(11(15)3-2-4-11)5-7(12)8(13)9(10)14/h5H,2-4,15H2,1H3. The van der Waals surface area contributed by atoms with Gasteiger partial charge in [0.15, 0.2) is 11.6 Å². The number of hydrogen-bond acceptors (Lipinski definition) is 2. The maximum absolute atomic E-state index is 13.6. The van der Waals surface area contributed by atoms with Crippen LogP contribution in [0.25, 0.3) is 0 Å². The fraction of sp³-hybridized carbons (Fsp3) is 0.455. The van der Waals surface area contributed by atoms with E-state index in [1.807, 2.05) is 0 Å². The third-order valence-corrected chi connectivity index (χ3v) is 3.68. The van der Waals surface area contributed by atoms with E-state index in [0.29, 0.717) is 5.56 Å². The Morgan fingerprint density at radius 1 is 1.38 bits per heavy atom. The zero-order chi connectivity index (χ0) is 11.9. The number of ether oxygens (including phenoxy) is 1. The minimum absolute atomic E-state index is 0.0806. The van der Waals surface area contributed by atoms with Crippen molar-refractivity contribution in [3.63, 3.8) is 0 Å². The van der Waals surface area contributed by atoms with E-state index in [4.69, 9.17) is 10.5 Å². The molecule has 16 heavy (non-hydrogen) atoms. The highest BCUT2D eigenvalue weighted by Crippen LogP contribution is 2.45. The molecular weight excluding hydrogens is 280 g/mol. The predicted molar refractivity (Wildman–Crippen MR) is 60.3 cm³/mol. The first-order valence-electron chi connectivity index (χ1n) is 5.00. The SMILES string of the molecule is COc1c(C2(N)CCC2)cc(Br)c(F)c1F. The molecule has 0 aromatic heterocycles. The van der Waals surface area contributed by atoms with Crippen LogP contribution in [-0.4, -0.2) is 7.11 Å². The second-order valence-electron chi connectivity index (χ2n) is 4.08. The number of rotatable bonds is 2. The Hall–Kier alpha value is -0.680. The molecule has 0 atom stereocenters. The fourth-order valence-electron chi connectivity index (χ4n) is 1.97. The van der Waals surface area contributed by atoms with Crippen LogP contribution in [0.4, 0.5) is 8.78 Å². The lowest BCUT2D eigenvalue weighted by Crippen LogP contribution is -2.43. The Balaban J connectivity index is 2.60. The first kappa shape index (κ1) is 11.8. The maximum Gasteiger partial charge on any atom is 0.202 e. The lowest BCUT2D eigenvalue weighted by molar-refractivity contribution is 0.239. The molecule has 88 valence electrons. The molecule has 2 rings (SSSR count). The summed E-state index contributed by atoms with van der Waals surface area (Å²) in [6, 6.07) is 1.51. The number of methoxy groups -OCH3 is 1. The molecule has 0 radical (unpaired) electrons. The molecule has 0 amide bonds. The summed E-state index contributed by atoms with van der Waals surface area (Å²) in [5.74, 6) is -2.00. The molecule has 5 heteroatoms. The van der Waals surface area contributed by atoms with Gasteiger partial charge in [-0.25, -0.2) is 4.39 Å². The van der Waals surface area contributed by atoms with E-state index in [-0.39, 0.29) is 10.2 Å². The van der Waals surface area contributed by atoms with Gasteiger partial charge in [0.1, 0.15) is 0 Å². The average Bonchev–Trinajstić information content (AvgIpc) is 2.22. The highest BCUT2D eigenvalue weighted by atomic mass is 79.9. The van der Waals surface area contributed by atoms with Gasteiger partial charge >= 0.3 is 0 Å². The third kappa shape index (κ3) is 1.62. The molecule has 0 spiro atoms. The molecule has 0 heterocycles. The molecular formula is C11H12BrF2NO. The van der Waals surface area contributed by atoms with E-state index < -0.39 is 17.2 Å². The average molecular weight is 292 g/mol. The molecule has 0 aliphatic heterocycles. The van der Waals surface area contributed by atoms with Gasteiger partial charge < -0.3 is 10.5 Å². The van der Waals surface area contributed by atoms with Crippen molar-refractivity contribution in [2.75, 3.05) is 7.11 Å². The smallest absolute Gasteiger partial charge is 0.202 e. The summed E-state index contributed by atoms with van der Waals surface area (Å²) in [6.07, 6.45) is 2.53. The maximum atomic E-state index is 13.6. The highest BCUT2D eigenvalue weighted by Gasteiger charge is 2.38. The van der Waals surface area contributed by atoms with Crippen LogP contribution >= 0.6 is 15.9 Å². The molecule has 0 unspecified atom stereocenters. The van der Waals surface area contributed by atoms with Crippen molar-refractivity contribution < 1.29 is 13.5 Å². The van der Waals surface area contributed by atoms with Crippen molar-refractivity contribution in [1.29, 1.82) is 0 Å². The van der Waals surface area contributed by atoms with Crippen molar-refractivity contribution in [3.8, 4) is 5.75 Å². The Labute approximate surface area is 101 Å². The quantitative estimate of drug-likeness (QED) is 0.850. The summed E-state index contributed by atoms with van der Waals surface area (Å²) in [5.41, 5.74) is 6.05. The highest BCUT2D eigenvalue weighted by molar-refractivity contribution is 9.10. The monoisotopic (exact) mass is 291 g/mol. The molecule has 1 aliphatic carbocycles. The second kappa shape index (κ2) is 3.96. The summed E-state index contributed by atoms with van der Waals surface area (Å²) in [7, 11) is 1.32. The molecule has 1 aromatic carbocycles. The van der Waals surface area contributed by atoms with Crippen LogP contribution in [0.5, 0.6) is 5.75 Å². The summed E-state index contributed by atoms with van der Waals surface area (Å²) in [6.45, 7) is 0. The van der Waals surface area contributed by atoms with Crippen LogP contribution in [-0.2, 0) is 5.54 Å². The lowest BCUT2D eigenvalue weighted by atomic mass is 9.72. The Kier molecular flexibility index (Phi) is 2.92. The van der Waals surface area contributed by atoms with E-state index in [2.05, 4.69) is 15.9 Å². The largest absolute Gasteiger partial charge is 0.493 e. The van der Waals surface area contributed by atoms with Gasteiger partial charge in [-0.15, -0.1) is 0 Å². The van der Waals surface area contributed by atoms with Gasteiger partial charge in [0, 0.05) is 11.1 Å². The van der Waals surface area contributed by atoms with Gasteiger partial charge in [-0.2, -0.15) is 4.39 Å². The van der Waals surface area contributed by atoms with E-state index in [1.54, 1.807) is 0 Å². The first-order valence-corrected chi connectivity index (χ1v) is 5.80. The second-order valence-corrected chi connectivity index (χ2v) is 4.93. The van der Waals surface area contributed by atoms with E-state index in [1.165, 1.54) is 13.2 Å². The van der Waals surface area contributed by atoms with Crippen LogP contribution in [0.3, 0.4) is 0 Å². The number of halogens is 3. The summed E-state index contributed by atoms with van der Waals surface area (Å²) < 4.78 is 32.0. The van der Waals surface area contributed by atoms with Gasteiger partial charge in [-0.05, 0) is 41.3 Å². The van der Waals surface area contributed by atoms with E-state index >= 15 is 0 Å². The van der Waals surface area contributed by atoms with Crippen LogP contribution in [0, 0.1) is 11.6 Å². The van der Waals surface area contributed by atoms with Gasteiger partial charge in [-0.1, -0.05) is 0 Å². The van der Waals surface area contributed by atoms with Crippen LogP contribution in [0.2, 0.25) is 0 Å². The Bertz CT molecular complexity index is 432. The molecule has 1 saturated carbocycles. The van der Waals surface area contributed by atoms with Gasteiger partial charge in [0.2, 0.25) is 5.82 Å². The zero-order valence-corrected chi connectivity index (χ0v) is 10.4. The normalized spacial score (nSPS) is 18.1. The summed E-state index contributed by atoms with van der Waals surface area (Å²) >= 11 is 2.98. The van der Waals surface area contributed by atoms with Crippen molar-refractivity contribution in [3.05, 3.63) is 27.7 Å². The van der Waals surface area contributed by atoms with Crippen LogP contribution in [0.1, 0.15) is 24.8 Å². The Morgan fingerprint density at radius 2 is 2.00 bits per heavy atom. The number of hydrogen-bond donors (Lipinski definition) is 1.